The van der Waals surface area contributed by atoms with Crippen LogP contribution in [0.1, 0.15) is 52.9 Å². The third-order valence-electron chi connectivity index (χ3n) is 3.16. The van der Waals surface area contributed by atoms with Crippen molar-refractivity contribution in [3.63, 3.8) is 0 Å². The molecular weight excluding hydrogens is 134 g/mol. The molecule has 0 unspecified atom stereocenters. The molecular formula is C10H23N. The molecule has 0 bridgehead atoms. The Morgan fingerprint density at radius 1 is 1.00 bits per heavy atom. The maximum absolute atomic E-state index is 5.50. The quantitative estimate of drug-likeness (QED) is 0.630. The summed E-state index contributed by atoms with van der Waals surface area (Å²) in [5, 5.41) is 0. The molecule has 1 heteroatoms. The second kappa shape index (κ2) is 5.59. The van der Waals surface area contributed by atoms with E-state index in [2.05, 4.69) is 20.8 Å². The summed E-state index contributed by atoms with van der Waals surface area (Å²) in [7, 11) is 0. The molecule has 0 spiro atoms. The maximum atomic E-state index is 5.50. The highest BCUT2D eigenvalue weighted by Gasteiger charge is 2.22. The standard InChI is InChI=1S/C10H23N/c1-4-10(5-2,6-3)8-7-9-11/h4-9,11H2,1-3H3. The summed E-state index contributed by atoms with van der Waals surface area (Å²) >= 11 is 0. The van der Waals surface area contributed by atoms with Gasteiger partial charge in [-0.1, -0.05) is 40.0 Å². The van der Waals surface area contributed by atoms with Crippen molar-refractivity contribution in [3.8, 4) is 0 Å². The lowest BCUT2D eigenvalue weighted by molar-refractivity contribution is 0.224. The second-order valence-corrected chi connectivity index (χ2v) is 3.45. The van der Waals surface area contributed by atoms with Crippen LogP contribution in [0.25, 0.3) is 0 Å². The Morgan fingerprint density at radius 3 is 1.73 bits per heavy atom. The van der Waals surface area contributed by atoms with Crippen LogP contribution in [-0.4, -0.2) is 6.54 Å². The van der Waals surface area contributed by atoms with E-state index in [-0.39, 0.29) is 0 Å². The first-order valence-corrected chi connectivity index (χ1v) is 4.94. The zero-order valence-corrected chi connectivity index (χ0v) is 8.32. The minimum Gasteiger partial charge on any atom is -0.330 e. The van der Waals surface area contributed by atoms with Gasteiger partial charge in [0.05, 0.1) is 0 Å². The zero-order chi connectivity index (χ0) is 8.74. The first kappa shape index (κ1) is 11.0. The fourth-order valence-corrected chi connectivity index (χ4v) is 1.76. The van der Waals surface area contributed by atoms with Crippen molar-refractivity contribution in [1.82, 2.24) is 0 Å². The molecule has 0 amide bonds. The molecule has 0 aliphatic heterocycles. The predicted octanol–water partition coefficient (Wildman–Crippen LogP) is 2.94. The van der Waals surface area contributed by atoms with Crippen LogP contribution >= 0.6 is 0 Å². The van der Waals surface area contributed by atoms with Gasteiger partial charge in [-0.25, -0.2) is 0 Å². The highest BCUT2D eigenvalue weighted by molar-refractivity contribution is 4.74. The Labute approximate surface area is 71.4 Å². The summed E-state index contributed by atoms with van der Waals surface area (Å²) in [6, 6.07) is 0. The lowest BCUT2D eigenvalue weighted by Crippen LogP contribution is -2.19. The van der Waals surface area contributed by atoms with Gasteiger partial charge in [0.15, 0.2) is 0 Å². The minimum absolute atomic E-state index is 0.597. The molecule has 0 saturated heterocycles. The van der Waals surface area contributed by atoms with E-state index in [1.165, 1.54) is 32.1 Å². The van der Waals surface area contributed by atoms with Crippen LogP contribution in [0.4, 0.5) is 0 Å². The third-order valence-corrected chi connectivity index (χ3v) is 3.16. The molecule has 0 aromatic heterocycles. The van der Waals surface area contributed by atoms with Gasteiger partial charge in [0.25, 0.3) is 0 Å². The van der Waals surface area contributed by atoms with Crippen molar-refractivity contribution in [2.75, 3.05) is 6.54 Å². The molecule has 11 heavy (non-hydrogen) atoms. The van der Waals surface area contributed by atoms with Crippen LogP contribution < -0.4 is 5.73 Å². The minimum atomic E-state index is 0.597. The molecule has 0 rings (SSSR count). The smallest absolute Gasteiger partial charge is 0.00771 e. The van der Waals surface area contributed by atoms with E-state index >= 15 is 0 Å². The molecule has 0 aromatic rings. The Hall–Kier alpha value is -0.0400. The van der Waals surface area contributed by atoms with E-state index in [1.807, 2.05) is 0 Å². The van der Waals surface area contributed by atoms with Crippen molar-refractivity contribution < 1.29 is 0 Å². The van der Waals surface area contributed by atoms with E-state index in [4.69, 9.17) is 5.73 Å². The van der Waals surface area contributed by atoms with Crippen LogP contribution in [-0.2, 0) is 0 Å². The number of rotatable bonds is 6. The van der Waals surface area contributed by atoms with Crippen molar-refractivity contribution in [2.45, 2.75) is 52.9 Å². The molecule has 2 N–H and O–H groups in total. The van der Waals surface area contributed by atoms with Crippen LogP contribution in [0.2, 0.25) is 0 Å². The van der Waals surface area contributed by atoms with Gasteiger partial charge in [-0.3, -0.25) is 0 Å². The lowest BCUT2D eigenvalue weighted by atomic mass is 9.76. The SMILES string of the molecule is CCC(CC)(CC)CCCN. The number of hydrogen-bond donors (Lipinski definition) is 1. The normalized spacial score (nSPS) is 12.0. The Morgan fingerprint density at radius 2 is 1.45 bits per heavy atom. The summed E-state index contributed by atoms with van der Waals surface area (Å²) < 4.78 is 0. The summed E-state index contributed by atoms with van der Waals surface area (Å²) in [4.78, 5) is 0. The van der Waals surface area contributed by atoms with Crippen molar-refractivity contribution in [1.29, 1.82) is 0 Å². The van der Waals surface area contributed by atoms with Gasteiger partial charge in [-0.2, -0.15) is 0 Å². The van der Waals surface area contributed by atoms with Crippen LogP contribution in [0, 0.1) is 5.41 Å². The molecule has 1 nitrogen and oxygen atoms in total. The molecule has 0 fully saturated rings. The van der Waals surface area contributed by atoms with Gasteiger partial charge in [-0.15, -0.1) is 0 Å². The predicted molar refractivity (Wildman–Crippen MR) is 51.6 cm³/mol. The van der Waals surface area contributed by atoms with E-state index in [0.29, 0.717) is 5.41 Å². The Kier molecular flexibility index (Phi) is 5.57. The van der Waals surface area contributed by atoms with Crippen LogP contribution in [0.5, 0.6) is 0 Å². The van der Waals surface area contributed by atoms with Gasteiger partial charge in [0.1, 0.15) is 0 Å². The highest BCUT2D eigenvalue weighted by atomic mass is 14.5. The molecule has 68 valence electrons. The summed E-state index contributed by atoms with van der Waals surface area (Å²) in [5.41, 5.74) is 6.10. The summed E-state index contributed by atoms with van der Waals surface area (Å²) in [6.07, 6.45) is 6.42. The van der Waals surface area contributed by atoms with Crippen LogP contribution in [0.15, 0.2) is 0 Å². The fraction of sp³-hybridized carbons (Fsp3) is 1.00. The van der Waals surface area contributed by atoms with Gasteiger partial charge in [-0.05, 0) is 24.8 Å². The number of nitrogens with two attached hydrogens (primary N) is 1. The molecule has 0 atom stereocenters. The monoisotopic (exact) mass is 157 g/mol. The third kappa shape index (κ3) is 3.24. The highest BCUT2D eigenvalue weighted by Crippen LogP contribution is 2.34. The molecule has 0 saturated carbocycles. The van der Waals surface area contributed by atoms with Gasteiger partial charge >= 0.3 is 0 Å². The lowest BCUT2D eigenvalue weighted by Gasteiger charge is -2.30. The van der Waals surface area contributed by atoms with E-state index in [1.54, 1.807) is 0 Å². The van der Waals surface area contributed by atoms with Gasteiger partial charge in [0, 0.05) is 0 Å². The van der Waals surface area contributed by atoms with Crippen molar-refractivity contribution in [3.05, 3.63) is 0 Å². The van der Waals surface area contributed by atoms with Crippen LogP contribution in [0.3, 0.4) is 0 Å². The first-order chi connectivity index (χ1) is 5.24. The first-order valence-electron chi connectivity index (χ1n) is 4.94. The zero-order valence-electron chi connectivity index (χ0n) is 8.32. The Balaban J connectivity index is 3.84. The topological polar surface area (TPSA) is 26.0 Å². The summed E-state index contributed by atoms with van der Waals surface area (Å²) in [6.45, 7) is 7.73. The van der Waals surface area contributed by atoms with Gasteiger partial charge < -0.3 is 5.73 Å². The number of hydrogen-bond acceptors (Lipinski definition) is 1. The van der Waals surface area contributed by atoms with E-state index in [9.17, 15) is 0 Å². The van der Waals surface area contributed by atoms with E-state index < -0.39 is 0 Å². The average Bonchev–Trinajstić information content (AvgIpc) is 2.08. The van der Waals surface area contributed by atoms with E-state index in [0.717, 1.165) is 6.54 Å². The van der Waals surface area contributed by atoms with Crippen molar-refractivity contribution >= 4 is 0 Å². The fourth-order valence-electron chi connectivity index (χ4n) is 1.76. The molecule has 0 radical (unpaired) electrons. The molecule has 0 aromatic carbocycles. The van der Waals surface area contributed by atoms with Crippen molar-refractivity contribution in [2.24, 2.45) is 11.1 Å². The average molecular weight is 157 g/mol. The largest absolute Gasteiger partial charge is 0.330 e. The molecule has 0 aliphatic carbocycles. The molecule has 0 aliphatic rings. The molecule has 0 heterocycles. The van der Waals surface area contributed by atoms with Gasteiger partial charge in [0.2, 0.25) is 0 Å². The second-order valence-electron chi connectivity index (χ2n) is 3.45. The maximum Gasteiger partial charge on any atom is -0.00771 e. The Bertz CT molecular complexity index is 76.6. The summed E-state index contributed by atoms with van der Waals surface area (Å²) in [5.74, 6) is 0.